The van der Waals surface area contributed by atoms with Crippen molar-refractivity contribution in [3.63, 3.8) is 0 Å². The van der Waals surface area contributed by atoms with Gasteiger partial charge in [-0.1, -0.05) is 20.3 Å². The highest BCUT2D eigenvalue weighted by atomic mass is 16.4. The van der Waals surface area contributed by atoms with Gasteiger partial charge >= 0.3 is 5.97 Å². The largest absolute Gasteiger partial charge is 0.480 e. The summed E-state index contributed by atoms with van der Waals surface area (Å²) in [7, 11) is 0. The number of hydrogen-bond donors (Lipinski definition) is 2. The Morgan fingerprint density at radius 3 is 2.56 bits per heavy atom. The summed E-state index contributed by atoms with van der Waals surface area (Å²) in [5.41, 5.74) is 5.18. The average molecular weight is 132 g/mol. The van der Waals surface area contributed by atoms with Crippen LogP contribution in [-0.2, 0) is 4.79 Å². The highest BCUT2D eigenvalue weighted by Gasteiger charge is 2.17. The van der Waals surface area contributed by atoms with Crippen LogP contribution in [0.2, 0.25) is 0 Å². The van der Waals surface area contributed by atoms with E-state index in [1.807, 2.05) is 6.92 Å². The number of carboxylic acid groups (broad SMARTS) is 1. The maximum atomic E-state index is 10.3. The van der Waals surface area contributed by atoms with Crippen molar-refractivity contribution in [2.24, 2.45) is 11.7 Å². The molecular formula is C6H13NO2. The Labute approximate surface area is 56.3 Å². The monoisotopic (exact) mass is 132 g/mol. The van der Waals surface area contributed by atoms with Crippen LogP contribution in [0.1, 0.15) is 21.6 Å². The predicted molar refractivity (Wildman–Crippen MR) is 35.1 cm³/mol. The molecule has 0 heterocycles. The zero-order valence-corrected chi connectivity index (χ0v) is 5.72. The molecule has 0 bridgehead atoms. The third kappa shape index (κ3) is 2.46. The lowest BCUT2D eigenvalue weighted by Crippen LogP contribution is -2.36. The van der Waals surface area contributed by atoms with Gasteiger partial charge in [0.05, 0.1) is 1.37 Å². The molecule has 3 N–H and O–H groups in total. The maximum absolute atomic E-state index is 10.3. The fourth-order valence-corrected chi connectivity index (χ4v) is 0.431. The van der Waals surface area contributed by atoms with Crippen molar-refractivity contribution in [1.82, 2.24) is 0 Å². The summed E-state index contributed by atoms with van der Waals surface area (Å²) in [4.78, 5) is 10.3. The molecule has 0 aromatic carbocycles. The van der Waals surface area contributed by atoms with Crippen LogP contribution in [-0.4, -0.2) is 17.1 Å². The van der Waals surface area contributed by atoms with E-state index in [-0.39, 0.29) is 5.92 Å². The second-order valence-corrected chi connectivity index (χ2v) is 2.07. The van der Waals surface area contributed by atoms with E-state index >= 15 is 0 Å². The van der Waals surface area contributed by atoms with E-state index in [9.17, 15) is 4.79 Å². The van der Waals surface area contributed by atoms with Gasteiger partial charge in [-0.15, -0.1) is 0 Å². The summed E-state index contributed by atoms with van der Waals surface area (Å²) in [6, 6.07) is -1.82. The number of carboxylic acids is 1. The van der Waals surface area contributed by atoms with Gasteiger partial charge in [0.15, 0.2) is 0 Å². The Morgan fingerprint density at radius 2 is 2.44 bits per heavy atom. The van der Waals surface area contributed by atoms with Gasteiger partial charge in [-0.25, -0.2) is 0 Å². The molecule has 0 saturated heterocycles. The van der Waals surface area contributed by atoms with Crippen molar-refractivity contribution >= 4 is 5.97 Å². The first kappa shape index (κ1) is 6.55. The molecule has 0 aliphatic carbocycles. The van der Waals surface area contributed by atoms with E-state index in [1.165, 1.54) is 0 Å². The van der Waals surface area contributed by atoms with Crippen molar-refractivity contribution in [2.75, 3.05) is 0 Å². The van der Waals surface area contributed by atoms with Crippen LogP contribution in [0.25, 0.3) is 0 Å². The predicted octanol–water partition coefficient (Wildman–Crippen LogP) is 0.444. The summed E-state index contributed by atoms with van der Waals surface area (Å²) in [5.74, 6) is -1.58. The van der Waals surface area contributed by atoms with Crippen molar-refractivity contribution in [3.8, 4) is 0 Å². The molecule has 0 aromatic rings. The molecule has 0 unspecified atom stereocenters. The fourth-order valence-electron chi connectivity index (χ4n) is 0.431. The molecule has 0 saturated carbocycles. The first-order valence-electron chi connectivity index (χ1n) is 3.45. The average Bonchev–Trinajstić information content (AvgIpc) is 1.86. The van der Waals surface area contributed by atoms with Gasteiger partial charge in [-0.05, 0) is 5.92 Å². The van der Waals surface area contributed by atoms with Gasteiger partial charge in [-0.2, -0.15) is 0 Å². The van der Waals surface area contributed by atoms with E-state index in [1.54, 1.807) is 6.92 Å². The standard InChI is InChI=1S/C6H13NO2/c1-3-4(2)5(7)6(8)9/h4-5H,3,7H2,1-2H3,(H,8,9)/t4-,5-/m0/s1/i5D. The molecule has 9 heavy (non-hydrogen) atoms. The maximum Gasteiger partial charge on any atom is 0.320 e. The van der Waals surface area contributed by atoms with Crippen LogP contribution < -0.4 is 5.73 Å². The molecular weight excluding hydrogens is 118 g/mol. The Balaban J connectivity index is 4.23. The molecule has 54 valence electrons. The fraction of sp³-hybridized carbons (Fsp3) is 0.833. The van der Waals surface area contributed by atoms with Crippen molar-refractivity contribution in [3.05, 3.63) is 0 Å². The lowest BCUT2D eigenvalue weighted by atomic mass is 10.0. The molecule has 0 aliphatic rings. The van der Waals surface area contributed by atoms with Crippen molar-refractivity contribution < 1.29 is 11.3 Å². The van der Waals surface area contributed by atoms with Gasteiger partial charge in [0.1, 0.15) is 6.02 Å². The van der Waals surface area contributed by atoms with E-state index in [2.05, 4.69) is 0 Å². The molecule has 0 amide bonds. The summed E-state index contributed by atoms with van der Waals surface area (Å²) in [6.45, 7) is 3.46. The lowest BCUT2D eigenvalue weighted by Gasteiger charge is -2.11. The molecule has 3 nitrogen and oxygen atoms in total. The van der Waals surface area contributed by atoms with Crippen LogP contribution in [0.5, 0.6) is 0 Å². The SMILES string of the molecule is [2H][C@@](N)(C(=O)O)[C@@H](C)CC. The molecule has 0 aromatic heterocycles. The Morgan fingerprint density at radius 1 is 2.00 bits per heavy atom. The normalized spacial score (nSPS) is 21.9. The van der Waals surface area contributed by atoms with Crippen LogP contribution in [0.15, 0.2) is 0 Å². The second-order valence-electron chi connectivity index (χ2n) is 2.07. The third-order valence-corrected chi connectivity index (χ3v) is 1.39. The zero-order chi connectivity index (χ0) is 8.36. The molecule has 0 radical (unpaired) electrons. The summed E-state index contributed by atoms with van der Waals surface area (Å²) in [6.07, 6.45) is 0.603. The van der Waals surface area contributed by atoms with E-state index in [0.717, 1.165) is 0 Å². The minimum Gasteiger partial charge on any atom is -0.480 e. The molecule has 3 heteroatoms. The number of carbonyl (C=O) groups is 1. The van der Waals surface area contributed by atoms with Crippen LogP contribution in [0, 0.1) is 5.92 Å². The Kier molecular flexibility index (Phi) is 2.51. The number of aliphatic carboxylic acids is 1. The minimum atomic E-state index is -1.82. The zero-order valence-electron chi connectivity index (χ0n) is 6.72. The Bertz CT molecular complexity index is 136. The van der Waals surface area contributed by atoms with E-state index < -0.39 is 12.0 Å². The van der Waals surface area contributed by atoms with Crippen molar-refractivity contribution in [2.45, 2.75) is 26.3 Å². The number of hydrogen-bond acceptors (Lipinski definition) is 2. The highest BCUT2D eigenvalue weighted by Crippen LogP contribution is 2.04. The lowest BCUT2D eigenvalue weighted by molar-refractivity contribution is -0.139. The van der Waals surface area contributed by atoms with Gasteiger partial charge < -0.3 is 10.8 Å². The number of rotatable bonds is 3. The molecule has 0 spiro atoms. The van der Waals surface area contributed by atoms with E-state index in [4.69, 9.17) is 12.2 Å². The molecule has 0 rings (SSSR count). The van der Waals surface area contributed by atoms with Crippen molar-refractivity contribution in [1.29, 1.82) is 0 Å². The molecule has 2 atom stereocenters. The quantitative estimate of drug-likeness (QED) is 0.585. The van der Waals surface area contributed by atoms with E-state index in [0.29, 0.717) is 6.42 Å². The van der Waals surface area contributed by atoms with Gasteiger partial charge in [0.2, 0.25) is 0 Å². The molecule has 0 aliphatic heterocycles. The topological polar surface area (TPSA) is 63.3 Å². The highest BCUT2D eigenvalue weighted by molar-refractivity contribution is 5.73. The van der Waals surface area contributed by atoms with Gasteiger partial charge in [0.25, 0.3) is 0 Å². The number of nitrogens with two attached hydrogens (primary N) is 1. The second kappa shape index (κ2) is 3.45. The Hall–Kier alpha value is -0.570. The van der Waals surface area contributed by atoms with Gasteiger partial charge in [0, 0.05) is 0 Å². The summed E-state index contributed by atoms with van der Waals surface area (Å²) < 4.78 is 7.17. The first-order valence-corrected chi connectivity index (χ1v) is 2.95. The summed E-state index contributed by atoms with van der Waals surface area (Å²) >= 11 is 0. The van der Waals surface area contributed by atoms with Crippen LogP contribution in [0.4, 0.5) is 0 Å². The smallest absolute Gasteiger partial charge is 0.320 e. The van der Waals surface area contributed by atoms with Crippen LogP contribution >= 0.6 is 0 Å². The minimum absolute atomic E-state index is 0.315. The third-order valence-electron chi connectivity index (χ3n) is 1.39. The first-order chi connectivity index (χ1) is 4.42. The van der Waals surface area contributed by atoms with Gasteiger partial charge in [-0.3, -0.25) is 4.79 Å². The van der Waals surface area contributed by atoms with Crippen LogP contribution in [0.3, 0.4) is 0 Å². The summed E-state index contributed by atoms with van der Waals surface area (Å²) in [5, 5.41) is 8.43. The molecule has 0 fully saturated rings.